The van der Waals surface area contributed by atoms with Crippen molar-refractivity contribution in [3.63, 3.8) is 0 Å². The van der Waals surface area contributed by atoms with Gasteiger partial charge in [-0.2, -0.15) is 0 Å². The van der Waals surface area contributed by atoms with E-state index in [4.69, 9.17) is 15.2 Å². The van der Waals surface area contributed by atoms with Crippen LogP contribution in [-0.2, 0) is 0 Å². The number of hydrogen-bond acceptors (Lipinski definition) is 9. The molecule has 0 aliphatic carbocycles. The van der Waals surface area contributed by atoms with Gasteiger partial charge in [0.25, 0.3) is 11.1 Å². The topological polar surface area (TPSA) is 125 Å². The molecular formula is C16H16N6O3S. The minimum atomic E-state index is -0.403. The molecule has 0 spiro atoms. The van der Waals surface area contributed by atoms with Gasteiger partial charge in [0.1, 0.15) is 11.6 Å². The summed E-state index contributed by atoms with van der Waals surface area (Å²) in [5.41, 5.74) is 8.02. The highest BCUT2D eigenvalue weighted by molar-refractivity contribution is 7.17. The monoisotopic (exact) mass is 372 g/mol. The lowest BCUT2D eigenvalue weighted by Gasteiger charge is -2.15. The highest BCUT2D eigenvalue weighted by atomic mass is 32.1. The lowest BCUT2D eigenvalue weighted by atomic mass is 9.99. The van der Waals surface area contributed by atoms with Gasteiger partial charge in [-0.15, -0.1) is 5.10 Å². The molecule has 0 saturated carbocycles. The molecule has 3 aromatic heterocycles. The zero-order chi connectivity index (χ0) is 18.7. The van der Waals surface area contributed by atoms with Gasteiger partial charge in [-0.1, -0.05) is 5.10 Å². The van der Waals surface area contributed by atoms with E-state index in [1.54, 1.807) is 25.3 Å². The van der Waals surface area contributed by atoms with Gasteiger partial charge in [0.05, 0.1) is 25.5 Å². The maximum absolute atomic E-state index is 12.8. The molecule has 10 heteroatoms. The van der Waals surface area contributed by atoms with Crippen molar-refractivity contribution >= 4 is 28.2 Å². The number of aryl methyl sites for hydroxylation is 1. The predicted octanol–water partition coefficient (Wildman–Crippen LogP) is 2.16. The first-order valence-electron chi connectivity index (χ1n) is 7.47. The molecule has 1 amide bonds. The van der Waals surface area contributed by atoms with E-state index < -0.39 is 5.91 Å². The maximum atomic E-state index is 12.8. The van der Waals surface area contributed by atoms with Crippen LogP contribution >= 0.6 is 11.3 Å². The summed E-state index contributed by atoms with van der Waals surface area (Å²) in [6.45, 7) is 1.80. The Labute approximate surface area is 153 Å². The number of ether oxygens (including phenoxy) is 2. The molecule has 0 aromatic carbocycles. The number of anilines is 2. The summed E-state index contributed by atoms with van der Waals surface area (Å²) in [7, 11) is 3.00. The molecular weight excluding hydrogens is 356 g/mol. The second-order valence-electron chi connectivity index (χ2n) is 5.17. The number of pyridine rings is 2. The predicted molar refractivity (Wildman–Crippen MR) is 97.6 cm³/mol. The van der Waals surface area contributed by atoms with E-state index in [0.717, 1.165) is 11.3 Å². The Hall–Kier alpha value is -3.27. The number of hydrogen-bond donors (Lipinski definition) is 2. The van der Waals surface area contributed by atoms with Crippen molar-refractivity contribution in [1.29, 1.82) is 0 Å². The fourth-order valence-corrected chi connectivity index (χ4v) is 2.96. The van der Waals surface area contributed by atoms with Crippen molar-refractivity contribution in [2.75, 3.05) is 25.3 Å². The van der Waals surface area contributed by atoms with Gasteiger partial charge >= 0.3 is 0 Å². The number of nitrogens with two attached hydrogens (primary N) is 1. The number of methoxy groups -OCH3 is 2. The van der Waals surface area contributed by atoms with Crippen LogP contribution in [0.2, 0.25) is 0 Å². The summed E-state index contributed by atoms with van der Waals surface area (Å²) >= 11 is 1.12. The van der Waals surface area contributed by atoms with Gasteiger partial charge in [-0.25, -0.2) is 4.98 Å². The molecule has 0 aliphatic rings. The Morgan fingerprint density at radius 1 is 1.23 bits per heavy atom. The first-order valence-corrected chi connectivity index (χ1v) is 8.29. The first-order chi connectivity index (χ1) is 12.5. The average Bonchev–Trinajstić information content (AvgIpc) is 3.08. The molecule has 134 valence electrons. The van der Waals surface area contributed by atoms with Crippen LogP contribution in [0.3, 0.4) is 0 Å². The molecule has 26 heavy (non-hydrogen) atoms. The number of nitrogens with one attached hydrogen (secondary N) is 1. The number of aromatic nitrogens is 4. The average molecular weight is 372 g/mol. The van der Waals surface area contributed by atoms with E-state index in [2.05, 4.69) is 25.5 Å². The van der Waals surface area contributed by atoms with E-state index in [0.29, 0.717) is 44.3 Å². The lowest BCUT2D eigenvalue weighted by Crippen LogP contribution is -2.15. The van der Waals surface area contributed by atoms with Gasteiger partial charge in [0.15, 0.2) is 0 Å². The SMILES string of the molecule is COc1nnc(NC(=O)c2cnc(C)c(OC)c2-c2ccnc(N)c2)s1. The summed E-state index contributed by atoms with van der Waals surface area (Å²) < 4.78 is 10.5. The first kappa shape index (κ1) is 17.5. The molecule has 0 radical (unpaired) electrons. The van der Waals surface area contributed by atoms with Gasteiger partial charge in [0, 0.05) is 18.0 Å². The van der Waals surface area contributed by atoms with E-state index in [1.165, 1.54) is 20.4 Å². The number of nitrogen functional groups attached to an aromatic ring is 1. The van der Waals surface area contributed by atoms with Gasteiger partial charge in [0.2, 0.25) is 5.13 Å². The van der Waals surface area contributed by atoms with Crippen LogP contribution < -0.4 is 20.5 Å². The Morgan fingerprint density at radius 3 is 2.69 bits per heavy atom. The molecule has 3 heterocycles. The normalized spacial score (nSPS) is 10.4. The summed E-state index contributed by atoms with van der Waals surface area (Å²) in [5.74, 6) is 0.414. The van der Waals surface area contributed by atoms with Crippen LogP contribution in [0.5, 0.6) is 10.9 Å². The fraction of sp³-hybridized carbons (Fsp3) is 0.188. The fourth-order valence-electron chi connectivity index (χ4n) is 2.41. The van der Waals surface area contributed by atoms with Crippen molar-refractivity contribution in [2.24, 2.45) is 0 Å². The minimum Gasteiger partial charge on any atom is -0.494 e. The summed E-state index contributed by atoms with van der Waals surface area (Å²) in [4.78, 5) is 21.1. The number of nitrogens with zero attached hydrogens (tertiary/aromatic N) is 4. The highest BCUT2D eigenvalue weighted by Gasteiger charge is 2.21. The summed E-state index contributed by atoms with van der Waals surface area (Å²) in [6.07, 6.45) is 3.05. The second-order valence-corrected chi connectivity index (χ2v) is 6.11. The number of carbonyl (C=O) groups excluding carboxylic acids is 1. The lowest BCUT2D eigenvalue weighted by molar-refractivity contribution is 0.102. The Morgan fingerprint density at radius 2 is 2.04 bits per heavy atom. The molecule has 3 rings (SSSR count). The Bertz CT molecular complexity index is 959. The largest absolute Gasteiger partial charge is 0.494 e. The third-order valence-electron chi connectivity index (χ3n) is 3.53. The zero-order valence-electron chi connectivity index (χ0n) is 14.3. The molecule has 0 unspecified atom stereocenters. The van der Waals surface area contributed by atoms with Crippen LogP contribution in [0.1, 0.15) is 16.1 Å². The summed E-state index contributed by atoms with van der Waals surface area (Å²) in [6, 6.07) is 3.42. The summed E-state index contributed by atoms with van der Waals surface area (Å²) in [5, 5.41) is 11.0. The van der Waals surface area contributed by atoms with E-state index >= 15 is 0 Å². The standard InChI is InChI=1S/C16H16N6O3S/c1-8-13(24-2)12(9-4-5-18-11(17)6-9)10(7-19-8)14(23)20-15-21-22-16(25-3)26-15/h4-7H,1-3H3,(H2,17,18)(H,20,21,23). The molecule has 9 nitrogen and oxygen atoms in total. The minimum absolute atomic E-state index is 0.312. The highest BCUT2D eigenvalue weighted by Crippen LogP contribution is 2.36. The number of carbonyl (C=O) groups is 1. The quantitative estimate of drug-likeness (QED) is 0.698. The van der Waals surface area contributed by atoms with Crippen molar-refractivity contribution in [2.45, 2.75) is 6.92 Å². The van der Waals surface area contributed by atoms with Gasteiger partial charge < -0.3 is 15.2 Å². The Balaban J connectivity index is 2.07. The number of rotatable bonds is 5. The molecule has 0 saturated heterocycles. The molecule has 0 bridgehead atoms. The van der Waals surface area contributed by atoms with Crippen molar-refractivity contribution in [3.8, 4) is 22.1 Å². The van der Waals surface area contributed by atoms with Crippen LogP contribution in [0, 0.1) is 6.92 Å². The van der Waals surface area contributed by atoms with Crippen LogP contribution in [0.15, 0.2) is 24.5 Å². The van der Waals surface area contributed by atoms with E-state index in [1.807, 2.05) is 0 Å². The van der Waals surface area contributed by atoms with Crippen molar-refractivity contribution in [3.05, 3.63) is 35.8 Å². The van der Waals surface area contributed by atoms with E-state index in [-0.39, 0.29) is 0 Å². The van der Waals surface area contributed by atoms with E-state index in [9.17, 15) is 4.79 Å². The zero-order valence-corrected chi connectivity index (χ0v) is 15.1. The molecule has 0 fully saturated rings. The van der Waals surface area contributed by atoms with Gasteiger partial charge in [-0.3, -0.25) is 15.1 Å². The van der Waals surface area contributed by atoms with Crippen LogP contribution in [0.25, 0.3) is 11.1 Å². The molecule has 0 atom stereocenters. The number of amides is 1. The molecule has 3 N–H and O–H groups in total. The molecule has 0 aliphatic heterocycles. The van der Waals surface area contributed by atoms with Gasteiger partial charge in [-0.05, 0) is 36.0 Å². The smallest absolute Gasteiger partial charge is 0.295 e. The third-order valence-corrected chi connectivity index (χ3v) is 4.33. The van der Waals surface area contributed by atoms with Crippen LogP contribution in [-0.4, -0.2) is 40.3 Å². The Kier molecular flexibility index (Phi) is 4.94. The molecule has 3 aromatic rings. The van der Waals surface area contributed by atoms with Crippen molar-refractivity contribution < 1.29 is 14.3 Å². The van der Waals surface area contributed by atoms with Crippen molar-refractivity contribution in [1.82, 2.24) is 20.2 Å². The third kappa shape index (κ3) is 3.40. The van der Waals surface area contributed by atoms with Crippen LogP contribution in [0.4, 0.5) is 10.9 Å². The maximum Gasteiger partial charge on any atom is 0.295 e. The second kappa shape index (κ2) is 7.31.